The number of benzene rings is 3. The monoisotopic (exact) mass is 450 g/mol. The molecule has 2 aliphatic rings. The number of halogens is 2. The molecule has 2 heterocycles. The Bertz CT molecular complexity index is 1230. The average Bonchev–Trinajstić information content (AvgIpc) is 3.31. The molecule has 3 aromatic rings. The molecule has 2 amide bonds. The molecule has 4 nitrogen and oxygen atoms in total. The lowest BCUT2D eigenvalue weighted by Gasteiger charge is -2.33. The van der Waals surface area contributed by atoms with E-state index in [1.165, 1.54) is 48.2 Å². The van der Waals surface area contributed by atoms with Gasteiger partial charge >= 0.3 is 0 Å². The Kier molecular flexibility index (Phi) is 5.01. The van der Waals surface area contributed by atoms with E-state index in [9.17, 15) is 18.4 Å². The molecule has 1 atom stereocenters. The van der Waals surface area contributed by atoms with Gasteiger partial charge in [-0.25, -0.2) is 8.78 Å². The summed E-state index contributed by atoms with van der Waals surface area (Å²) in [6.07, 6.45) is 0. The van der Waals surface area contributed by atoms with Crippen molar-refractivity contribution < 1.29 is 18.4 Å². The molecule has 7 heteroatoms. The highest BCUT2D eigenvalue weighted by Crippen LogP contribution is 2.55. The van der Waals surface area contributed by atoms with Gasteiger partial charge in [0.05, 0.1) is 12.2 Å². The van der Waals surface area contributed by atoms with Crippen LogP contribution in [-0.4, -0.2) is 29.0 Å². The standard InChI is InChI=1S/C25H20F2N2O2S/c1-16-5-10-22-21(13-16)25(24(31)28(22)15-17-3-2-4-20(27)14-17)29(11-12-32-25)23(30)18-6-8-19(26)9-7-18/h2-10,13-14H,11-12,15H2,1H3/t25-/m0/s1. The normalized spacial score (nSPS) is 19.7. The highest BCUT2D eigenvalue weighted by molar-refractivity contribution is 8.01. The minimum absolute atomic E-state index is 0.202. The number of aryl methyl sites for hydroxylation is 1. The summed E-state index contributed by atoms with van der Waals surface area (Å²) in [4.78, 5) is 29.4. The van der Waals surface area contributed by atoms with Crippen LogP contribution in [0, 0.1) is 18.6 Å². The van der Waals surface area contributed by atoms with Crippen LogP contribution in [0.4, 0.5) is 14.5 Å². The van der Waals surface area contributed by atoms with Crippen molar-refractivity contribution in [2.45, 2.75) is 18.3 Å². The molecule has 0 N–H and O–H groups in total. The molecule has 1 saturated heterocycles. The fourth-order valence-corrected chi connectivity index (χ4v) is 5.90. The van der Waals surface area contributed by atoms with Crippen LogP contribution in [0.1, 0.15) is 27.0 Å². The van der Waals surface area contributed by atoms with E-state index >= 15 is 0 Å². The lowest BCUT2D eigenvalue weighted by atomic mass is 10.0. The molecular weight excluding hydrogens is 430 g/mol. The third-order valence-corrected chi connectivity index (χ3v) is 7.33. The first-order valence-corrected chi connectivity index (χ1v) is 11.3. The summed E-state index contributed by atoms with van der Waals surface area (Å²) in [6.45, 7) is 2.54. The van der Waals surface area contributed by atoms with Gasteiger partial charge in [-0.2, -0.15) is 0 Å². The number of amides is 2. The summed E-state index contributed by atoms with van der Waals surface area (Å²) in [5.41, 5.74) is 3.46. The minimum atomic E-state index is -1.19. The molecule has 0 aliphatic carbocycles. The summed E-state index contributed by atoms with van der Waals surface area (Å²) < 4.78 is 27.2. The van der Waals surface area contributed by atoms with Crippen molar-refractivity contribution in [1.29, 1.82) is 0 Å². The second kappa shape index (κ2) is 7.74. The fourth-order valence-electron chi connectivity index (χ4n) is 4.45. The van der Waals surface area contributed by atoms with Gasteiger partial charge in [-0.1, -0.05) is 29.8 Å². The second-order valence-corrected chi connectivity index (χ2v) is 9.29. The van der Waals surface area contributed by atoms with E-state index in [-0.39, 0.29) is 24.2 Å². The first kappa shape index (κ1) is 20.7. The molecule has 32 heavy (non-hydrogen) atoms. The maximum atomic E-state index is 13.9. The summed E-state index contributed by atoms with van der Waals surface area (Å²) in [7, 11) is 0. The zero-order valence-corrected chi connectivity index (χ0v) is 18.2. The van der Waals surface area contributed by atoms with Crippen LogP contribution in [0.15, 0.2) is 66.7 Å². The van der Waals surface area contributed by atoms with E-state index in [0.29, 0.717) is 23.4 Å². The van der Waals surface area contributed by atoms with Gasteiger partial charge < -0.3 is 9.80 Å². The van der Waals surface area contributed by atoms with Crippen LogP contribution >= 0.6 is 11.8 Å². The zero-order chi connectivity index (χ0) is 22.5. The lowest BCUT2D eigenvalue weighted by Crippen LogP contribution is -2.50. The number of hydrogen-bond acceptors (Lipinski definition) is 3. The van der Waals surface area contributed by atoms with Crippen molar-refractivity contribution in [1.82, 2.24) is 4.90 Å². The molecule has 1 spiro atoms. The first-order valence-electron chi connectivity index (χ1n) is 10.3. The molecule has 0 saturated carbocycles. The lowest BCUT2D eigenvalue weighted by molar-refractivity contribution is -0.123. The highest BCUT2D eigenvalue weighted by atomic mass is 32.2. The van der Waals surface area contributed by atoms with Gasteiger partial charge in [-0.15, -0.1) is 11.8 Å². The van der Waals surface area contributed by atoms with Crippen LogP contribution in [0.5, 0.6) is 0 Å². The van der Waals surface area contributed by atoms with Gasteiger partial charge in [0.2, 0.25) is 0 Å². The second-order valence-electron chi connectivity index (χ2n) is 8.00. The zero-order valence-electron chi connectivity index (χ0n) is 17.3. The van der Waals surface area contributed by atoms with E-state index in [4.69, 9.17) is 0 Å². The molecule has 0 radical (unpaired) electrons. The minimum Gasteiger partial charge on any atom is -0.311 e. The number of carbonyl (C=O) groups excluding carboxylic acids is 2. The van der Waals surface area contributed by atoms with Crippen molar-refractivity contribution in [2.24, 2.45) is 0 Å². The van der Waals surface area contributed by atoms with E-state index in [1.807, 2.05) is 25.1 Å². The van der Waals surface area contributed by atoms with Gasteiger partial charge in [0.1, 0.15) is 11.6 Å². The summed E-state index contributed by atoms with van der Waals surface area (Å²) >= 11 is 1.43. The van der Waals surface area contributed by atoms with E-state index in [1.54, 1.807) is 21.9 Å². The van der Waals surface area contributed by atoms with Gasteiger partial charge in [0.25, 0.3) is 11.8 Å². The largest absolute Gasteiger partial charge is 0.311 e. The van der Waals surface area contributed by atoms with Crippen molar-refractivity contribution in [3.8, 4) is 0 Å². The Labute approximate surface area is 188 Å². The molecule has 0 bridgehead atoms. The fraction of sp³-hybridized carbons (Fsp3) is 0.200. The van der Waals surface area contributed by atoms with Gasteiger partial charge in [-0.05, 0) is 55.0 Å². The summed E-state index contributed by atoms with van der Waals surface area (Å²) in [5, 5.41) is 0. The smallest absolute Gasteiger partial charge is 0.268 e. The van der Waals surface area contributed by atoms with Crippen LogP contribution < -0.4 is 4.90 Å². The Morgan fingerprint density at radius 2 is 1.81 bits per heavy atom. The van der Waals surface area contributed by atoms with E-state index in [0.717, 1.165) is 16.8 Å². The predicted molar refractivity (Wildman–Crippen MR) is 120 cm³/mol. The quantitative estimate of drug-likeness (QED) is 0.572. The van der Waals surface area contributed by atoms with Crippen LogP contribution in [0.3, 0.4) is 0 Å². The van der Waals surface area contributed by atoms with Crippen LogP contribution in [-0.2, 0) is 16.2 Å². The maximum Gasteiger partial charge on any atom is 0.268 e. The number of thioether (sulfide) groups is 1. The number of hydrogen-bond donors (Lipinski definition) is 0. The topological polar surface area (TPSA) is 40.6 Å². The van der Waals surface area contributed by atoms with Gasteiger partial charge in [0.15, 0.2) is 4.87 Å². The van der Waals surface area contributed by atoms with Crippen molar-refractivity contribution in [3.05, 3.63) is 101 Å². The molecule has 3 aromatic carbocycles. The van der Waals surface area contributed by atoms with Crippen LogP contribution in [0.25, 0.3) is 0 Å². The number of rotatable bonds is 3. The third-order valence-electron chi connectivity index (χ3n) is 5.91. The Morgan fingerprint density at radius 1 is 1.03 bits per heavy atom. The Hall–Kier alpha value is -3.19. The predicted octanol–water partition coefficient (Wildman–Crippen LogP) is 4.86. The van der Waals surface area contributed by atoms with Crippen molar-refractivity contribution in [2.75, 3.05) is 17.2 Å². The van der Waals surface area contributed by atoms with E-state index in [2.05, 4.69) is 0 Å². The SMILES string of the molecule is Cc1ccc2c(c1)[C@]1(SCCN1C(=O)c1ccc(F)cc1)C(=O)N2Cc1cccc(F)c1. The number of nitrogens with zero attached hydrogens (tertiary/aromatic N) is 2. The average molecular weight is 451 g/mol. The van der Waals surface area contributed by atoms with E-state index < -0.39 is 10.7 Å². The highest BCUT2D eigenvalue weighted by Gasteiger charge is 2.59. The van der Waals surface area contributed by atoms with Crippen LogP contribution in [0.2, 0.25) is 0 Å². The first-order chi connectivity index (χ1) is 15.4. The molecule has 2 aliphatic heterocycles. The molecule has 162 valence electrons. The van der Waals surface area contributed by atoms with Crippen molar-refractivity contribution >= 4 is 29.3 Å². The maximum absolute atomic E-state index is 13.9. The van der Waals surface area contributed by atoms with Gasteiger partial charge in [0, 0.05) is 23.4 Å². The summed E-state index contributed by atoms with van der Waals surface area (Å²) in [5.74, 6) is -0.730. The molecule has 0 aromatic heterocycles. The Morgan fingerprint density at radius 3 is 2.56 bits per heavy atom. The molecule has 1 fully saturated rings. The Balaban J connectivity index is 1.59. The molecule has 5 rings (SSSR count). The molecular formula is C25H20F2N2O2S. The number of fused-ring (bicyclic) bond motifs is 2. The molecule has 0 unspecified atom stereocenters. The van der Waals surface area contributed by atoms with Gasteiger partial charge in [-0.3, -0.25) is 9.59 Å². The third kappa shape index (κ3) is 3.19. The number of carbonyl (C=O) groups is 2. The summed E-state index contributed by atoms with van der Waals surface area (Å²) in [6, 6.07) is 17.3. The van der Waals surface area contributed by atoms with Crippen molar-refractivity contribution in [3.63, 3.8) is 0 Å². The number of anilines is 1.